The summed E-state index contributed by atoms with van der Waals surface area (Å²) in [6.45, 7) is 3.48. The van der Waals surface area contributed by atoms with Gasteiger partial charge in [0.15, 0.2) is 6.10 Å². The van der Waals surface area contributed by atoms with Crippen LogP contribution in [0.4, 0.5) is 13.2 Å². The first-order valence-electron chi connectivity index (χ1n) is 6.72. The zero-order chi connectivity index (χ0) is 17.6. The van der Waals surface area contributed by atoms with Crippen LogP contribution >= 0.6 is 0 Å². The monoisotopic (exact) mass is 330 g/mol. The maximum absolute atomic E-state index is 12.5. The van der Waals surface area contributed by atoms with Crippen LogP contribution in [-0.2, 0) is 15.8 Å². The van der Waals surface area contributed by atoms with Crippen molar-refractivity contribution in [2.24, 2.45) is 5.73 Å². The van der Waals surface area contributed by atoms with E-state index < -0.39 is 35.7 Å². The molecule has 2 amide bonds. The summed E-state index contributed by atoms with van der Waals surface area (Å²) in [6, 6.07) is 2.51. The number of aliphatic hydroxyl groups is 1. The average molecular weight is 330 g/mol. The molecule has 0 aliphatic rings. The second-order valence-electron chi connectivity index (χ2n) is 4.85. The number of hydrogen-bond acceptors (Lipinski definition) is 3. The molecule has 0 fully saturated rings. The molecule has 4 N–H and O–H groups in total. The number of primary amides is 1. The van der Waals surface area contributed by atoms with Crippen molar-refractivity contribution in [3.8, 4) is 0 Å². The predicted octanol–water partition coefficient (Wildman–Crippen LogP) is 1.68. The predicted molar refractivity (Wildman–Crippen MR) is 77.0 cm³/mol. The van der Waals surface area contributed by atoms with Gasteiger partial charge < -0.3 is 16.2 Å². The molecule has 1 rings (SSSR count). The normalized spacial score (nSPS) is 13.9. The number of allylic oxidation sites excluding steroid dienone is 1. The number of halogens is 3. The Labute approximate surface area is 131 Å². The second-order valence-corrected chi connectivity index (χ2v) is 4.85. The van der Waals surface area contributed by atoms with Crippen LogP contribution in [0, 0.1) is 0 Å². The van der Waals surface area contributed by atoms with Crippen LogP contribution in [0.1, 0.15) is 30.1 Å². The standard InChI is InChI=1S/C15H17F3N2O3/c1-2-3-4-11(13(19)22)20-14(23)12(21)9-5-7-10(8-6-9)15(16,17)18/h2,5-8,11-12,21H,1,3-4H2,(H2,19,22)(H,20,23)/t11-,12-/m0/s1. The molecule has 0 saturated heterocycles. The van der Waals surface area contributed by atoms with Gasteiger partial charge in [0, 0.05) is 0 Å². The highest BCUT2D eigenvalue weighted by Gasteiger charge is 2.31. The van der Waals surface area contributed by atoms with Crippen LogP contribution in [0.5, 0.6) is 0 Å². The van der Waals surface area contributed by atoms with E-state index in [2.05, 4.69) is 11.9 Å². The number of carbonyl (C=O) groups is 2. The highest BCUT2D eigenvalue weighted by Crippen LogP contribution is 2.29. The van der Waals surface area contributed by atoms with E-state index in [1.54, 1.807) is 0 Å². The van der Waals surface area contributed by atoms with Crippen LogP contribution in [0.25, 0.3) is 0 Å². The van der Waals surface area contributed by atoms with Crippen molar-refractivity contribution in [3.63, 3.8) is 0 Å². The smallest absolute Gasteiger partial charge is 0.378 e. The van der Waals surface area contributed by atoms with Gasteiger partial charge in [-0.3, -0.25) is 9.59 Å². The molecule has 5 nitrogen and oxygen atoms in total. The molecular weight excluding hydrogens is 313 g/mol. The van der Waals surface area contributed by atoms with Crippen molar-refractivity contribution in [2.75, 3.05) is 0 Å². The summed E-state index contributed by atoms with van der Waals surface area (Å²) in [6.07, 6.45) is -4.04. The van der Waals surface area contributed by atoms with E-state index in [-0.39, 0.29) is 12.0 Å². The zero-order valence-corrected chi connectivity index (χ0v) is 12.1. The fourth-order valence-corrected chi connectivity index (χ4v) is 1.83. The van der Waals surface area contributed by atoms with Crippen LogP contribution in [0.3, 0.4) is 0 Å². The Hall–Kier alpha value is -2.35. The molecule has 0 unspecified atom stereocenters. The lowest BCUT2D eigenvalue weighted by Gasteiger charge is -2.18. The third-order valence-corrected chi connectivity index (χ3v) is 3.12. The van der Waals surface area contributed by atoms with Gasteiger partial charge in [-0.2, -0.15) is 13.2 Å². The maximum Gasteiger partial charge on any atom is 0.416 e. The molecule has 0 spiro atoms. The summed E-state index contributed by atoms with van der Waals surface area (Å²) in [5.41, 5.74) is 4.22. The lowest BCUT2D eigenvalue weighted by Crippen LogP contribution is -2.46. The summed E-state index contributed by atoms with van der Waals surface area (Å²) < 4.78 is 37.4. The van der Waals surface area contributed by atoms with Crippen molar-refractivity contribution >= 4 is 11.8 Å². The quantitative estimate of drug-likeness (QED) is 0.664. The van der Waals surface area contributed by atoms with Gasteiger partial charge >= 0.3 is 6.18 Å². The van der Waals surface area contributed by atoms with Crippen molar-refractivity contribution in [1.82, 2.24) is 5.32 Å². The number of hydrogen-bond donors (Lipinski definition) is 3. The fraction of sp³-hybridized carbons (Fsp3) is 0.333. The third-order valence-electron chi connectivity index (χ3n) is 3.12. The van der Waals surface area contributed by atoms with E-state index >= 15 is 0 Å². The summed E-state index contributed by atoms with van der Waals surface area (Å²) in [4.78, 5) is 23.1. The van der Waals surface area contributed by atoms with Gasteiger partial charge in [0.25, 0.3) is 5.91 Å². The van der Waals surface area contributed by atoms with Crippen LogP contribution < -0.4 is 11.1 Å². The lowest BCUT2D eigenvalue weighted by molar-refractivity contribution is -0.137. The number of aliphatic hydroxyl groups excluding tert-OH is 1. The number of rotatable bonds is 7. The highest BCUT2D eigenvalue weighted by molar-refractivity contribution is 5.89. The van der Waals surface area contributed by atoms with Gasteiger partial charge in [0.05, 0.1) is 5.56 Å². The van der Waals surface area contributed by atoms with Gasteiger partial charge in [0.2, 0.25) is 5.91 Å². The van der Waals surface area contributed by atoms with Gasteiger partial charge in [-0.15, -0.1) is 6.58 Å². The molecule has 0 aliphatic carbocycles. The first-order valence-corrected chi connectivity index (χ1v) is 6.72. The van der Waals surface area contributed by atoms with Crippen molar-refractivity contribution < 1.29 is 27.9 Å². The van der Waals surface area contributed by atoms with Gasteiger partial charge in [-0.1, -0.05) is 18.2 Å². The Morgan fingerprint density at radius 3 is 2.30 bits per heavy atom. The summed E-state index contributed by atoms with van der Waals surface area (Å²) in [7, 11) is 0. The zero-order valence-electron chi connectivity index (χ0n) is 12.1. The largest absolute Gasteiger partial charge is 0.416 e. The molecule has 0 aromatic heterocycles. The SMILES string of the molecule is C=CCC[C@H](NC(=O)[C@@H](O)c1ccc(C(F)(F)F)cc1)C(N)=O. The van der Waals surface area contributed by atoms with Gasteiger partial charge in [-0.05, 0) is 30.5 Å². The number of alkyl halides is 3. The fourth-order valence-electron chi connectivity index (χ4n) is 1.83. The van der Waals surface area contributed by atoms with E-state index in [9.17, 15) is 27.9 Å². The van der Waals surface area contributed by atoms with Crippen LogP contribution in [0.2, 0.25) is 0 Å². The molecule has 1 aromatic carbocycles. The van der Waals surface area contributed by atoms with Gasteiger partial charge in [0.1, 0.15) is 6.04 Å². The van der Waals surface area contributed by atoms with Crippen molar-refractivity contribution in [2.45, 2.75) is 31.2 Å². The minimum atomic E-state index is -4.51. The molecule has 0 aliphatic heterocycles. The minimum absolute atomic E-state index is 0.0255. The molecule has 0 heterocycles. The molecule has 2 atom stereocenters. The van der Waals surface area contributed by atoms with E-state index in [1.807, 2.05) is 0 Å². The van der Waals surface area contributed by atoms with E-state index in [4.69, 9.17) is 5.73 Å². The number of carbonyl (C=O) groups excluding carboxylic acids is 2. The van der Waals surface area contributed by atoms with Crippen molar-refractivity contribution in [1.29, 1.82) is 0 Å². The Morgan fingerprint density at radius 2 is 1.87 bits per heavy atom. The molecule has 1 aromatic rings. The highest BCUT2D eigenvalue weighted by atomic mass is 19.4. The molecule has 126 valence electrons. The Morgan fingerprint density at radius 1 is 1.30 bits per heavy atom. The summed E-state index contributed by atoms with van der Waals surface area (Å²) in [5, 5.41) is 12.1. The van der Waals surface area contributed by atoms with Crippen LogP contribution in [0.15, 0.2) is 36.9 Å². The maximum atomic E-state index is 12.5. The summed E-state index contributed by atoms with van der Waals surface area (Å²) >= 11 is 0. The third kappa shape index (κ3) is 5.41. The number of nitrogens with one attached hydrogen (secondary N) is 1. The second kappa shape index (κ2) is 7.77. The Bertz CT molecular complexity index is 570. The Kier molecular flexibility index (Phi) is 6.32. The molecule has 0 bridgehead atoms. The molecular formula is C15H17F3N2O3. The molecule has 8 heteroatoms. The molecule has 0 saturated carbocycles. The summed E-state index contributed by atoms with van der Waals surface area (Å²) in [5.74, 6) is -1.70. The van der Waals surface area contributed by atoms with E-state index in [0.29, 0.717) is 6.42 Å². The average Bonchev–Trinajstić information content (AvgIpc) is 2.49. The Balaban J connectivity index is 2.79. The van der Waals surface area contributed by atoms with Crippen LogP contribution in [-0.4, -0.2) is 23.0 Å². The number of nitrogens with two attached hydrogens (primary N) is 1. The number of benzene rings is 1. The van der Waals surface area contributed by atoms with E-state index in [1.165, 1.54) is 6.08 Å². The first-order chi connectivity index (χ1) is 10.7. The van der Waals surface area contributed by atoms with Crippen molar-refractivity contribution in [3.05, 3.63) is 48.0 Å². The molecule has 0 radical (unpaired) electrons. The first kappa shape index (κ1) is 18.7. The van der Waals surface area contributed by atoms with Gasteiger partial charge in [-0.25, -0.2) is 0 Å². The number of amides is 2. The lowest BCUT2D eigenvalue weighted by atomic mass is 10.0. The van der Waals surface area contributed by atoms with E-state index in [0.717, 1.165) is 24.3 Å². The topological polar surface area (TPSA) is 92.4 Å². The minimum Gasteiger partial charge on any atom is -0.378 e. The molecule has 23 heavy (non-hydrogen) atoms.